The van der Waals surface area contributed by atoms with Crippen LogP contribution in [0.25, 0.3) is 0 Å². The van der Waals surface area contributed by atoms with Gasteiger partial charge < -0.3 is 26.0 Å². The maximum atomic E-state index is 16.1. The molecule has 0 aromatic rings. The van der Waals surface area contributed by atoms with Crippen LogP contribution in [0.5, 0.6) is 0 Å². The highest BCUT2D eigenvalue weighted by molar-refractivity contribution is 5.79. The Labute approximate surface area is 291 Å². The number of carbonyl (C=O) groups is 1. The summed E-state index contributed by atoms with van der Waals surface area (Å²) in [4.78, 5) is 16.1. The average molecular weight is 659 g/mol. The summed E-state index contributed by atoms with van der Waals surface area (Å²) in [5.74, 6) is 1.19. The van der Waals surface area contributed by atoms with Crippen molar-refractivity contribution in [2.75, 3.05) is 0 Å². The van der Waals surface area contributed by atoms with Crippen molar-refractivity contribution in [2.24, 2.45) is 29.1 Å². The predicted molar refractivity (Wildman–Crippen MR) is 199 cm³/mol. The van der Waals surface area contributed by atoms with Crippen molar-refractivity contribution < 1.29 is 9.53 Å². The van der Waals surface area contributed by atoms with E-state index in [2.05, 4.69) is 139 Å². The van der Waals surface area contributed by atoms with Gasteiger partial charge in [0, 0.05) is 57.2 Å². The van der Waals surface area contributed by atoms with Gasteiger partial charge in [-0.25, -0.2) is 0 Å². The fraction of sp³-hybridized carbons (Fsp3) is 0.976. The van der Waals surface area contributed by atoms with Crippen molar-refractivity contribution in [1.82, 2.24) is 21.3 Å². The molecule has 6 nitrogen and oxygen atoms in total. The second-order valence-corrected chi connectivity index (χ2v) is 22.3. The minimum Gasteiger partial charge on any atom is -0.462 e. The van der Waals surface area contributed by atoms with Crippen LogP contribution in [0.15, 0.2) is 0 Å². The fourth-order valence-corrected chi connectivity index (χ4v) is 13.1. The van der Waals surface area contributed by atoms with E-state index >= 15 is 4.79 Å². The Bertz CT molecular complexity index is 1040. The van der Waals surface area contributed by atoms with E-state index in [0.717, 1.165) is 57.8 Å². The van der Waals surface area contributed by atoms with Gasteiger partial charge in [-0.15, -0.1) is 0 Å². The highest BCUT2D eigenvalue weighted by Gasteiger charge is 2.64. The first kappa shape index (κ1) is 39.1. The van der Waals surface area contributed by atoms with E-state index in [1.807, 2.05) is 0 Å². The summed E-state index contributed by atoms with van der Waals surface area (Å²) in [6, 6.07) is 0. The summed E-state index contributed by atoms with van der Waals surface area (Å²) in [6.07, 6.45) is 8.65. The van der Waals surface area contributed by atoms with Gasteiger partial charge in [-0.3, -0.25) is 4.79 Å². The third-order valence-electron chi connectivity index (χ3n) is 12.4. The number of hydrogen-bond acceptors (Lipinski definition) is 6. The Balaban J connectivity index is 1.98. The largest absolute Gasteiger partial charge is 0.462 e. The number of carbonyl (C=O) groups excluding carboxylic acids is 1. The minimum atomic E-state index is -0.602. The molecule has 6 heteroatoms. The molecule has 1 atom stereocenters. The van der Waals surface area contributed by atoms with E-state index < -0.39 is 5.41 Å². The molecule has 4 saturated heterocycles. The van der Waals surface area contributed by atoms with Crippen LogP contribution in [-0.2, 0) is 9.53 Å². The summed E-state index contributed by atoms with van der Waals surface area (Å²) in [6.45, 7) is 39.9. The van der Waals surface area contributed by atoms with Crippen LogP contribution in [0.1, 0.15) is 175 Å². The molecular formula is C41H78N4O2. The Hall–Kier alpha value is -0.690. The van der Waals surface area contributed by atoms with Crippen molar-refractivity contribution in [2.45, 2.75) is 226 Å². The lowest BCUT2D eigenvalue weighted by atomic mass is 9.46. The molecule has 4 rings (SSSR count). The summed E-state index contributed by atoms with van der Waals surface area (Å²) < 4.78 is 7.15. The summed E-state index contributed by atoms with van der Waals surface area (Å²) in [5, 5.41) is 15.8. The number of piperidine rings is 4. The Morgan fingerprint density at radius 1 is 0.532 bits per heavy atom. The lowest BCUT2D eigenvalue weighted by molar-refractivity contribution is -0.195. The fourth-order valence-electron chi connectivity index (χ4n) is 13.1. The zero-order chi connectivity index (χ0) is 35.9. The van der Waals surface area contributed by atoms with Gasteiger partial charge in [0.25, 0.3) is 0 Å². The highest BCUT2D eigenvalue weighted by Crippen LogP contribution is 2.61. The van der Waals surface area contributed by atoms with Crippen molar-refractivity contribution in [3.8, 4) is 0 Å². The first-order valence-electron chi connectivity index (χ1n) is 19.3. The van der Waals surface area contributed by atoms with Crippen LogP contribution in [0.4, 0.5) is 0 Å². The monoisotopic (exact) mass is 659 g/mol. The molecule has 4 aliphatic heterocycles. The quantitative estimate of drug-likeness (QED) is 0.206. The molecule has 4 fully saturated rings. The first-order chi connectivity index (χ1) is 20.9. The van der Waals surface area contributed by atoms with Gasteiger partial charge in [0.2, 0.25) is 0 Å². The third kappa shape index (κ3) is 8.98. The second kappa shape index (κ2) is 12.2. The molecule has 0 bridgehead atoms. The van der Waals surface area contributed by atoms with Crippen LogP contribution in [-0.4, -0.2) is 56.4 Å². The van der Waals surface area contributed by atoms with Gasteiger partial charge in [0.05, 0.1) is 5.41 Å². The van der Waals surface area contributed by atoms with Crippen molar-refractivity contribution in [3.05, 3.63) is 0 Å². The molecule has 4 aliphatic rings. The maximum absolute atomic E-state index is 16.1. The van der Waals surface area contributed by atoms with Gasteiger partial charge in [-0.05, 0) is 173 Å². The molecule has 0 aromatic heterocycles. The molecule has 0 saturated carbocycles. The zero-order valence-corrected chi connectivity index (χ0v) is 34.1. The van der Waals surface area contributed by atoms with E-state index in [0.29, 0.717) is 5.92 Å². The Morgan fingerprint density at radius 3 is 1.11 bits per heavy atom. The van der Waals surface area contributed by atoms with E-state index in [-0.39, 0.29) is 74.1 Å². The number of rotatable bonds is 7. The lowest BCUT2D eigenvalue weighted by Gasteiger charge is -2.62. The molecule has 0 spiro atoms. The van der Waals surface area contributed by atoms with E-state index in [1.54, 1.807) is 0 Å². The van der Waals surface area contributed by atoms with Crippen LogP contribution in [0.3, 0.4) is 0 Å². The van der Waals surface area contributed by atoms with Gasteiger partial charge in [-0.1, -0.05) is 13.3 Å². The summed E-state index contributed by atoms with van der Waals surface area (Å²) in [7, 11) is 0. The SMILES string of the molecule is CCC(C1CC(C)(C)NC(C)(C)C1)C(C(=O)OC1CC(C)(C)NC(C)(C)C1)(C1CC(C)(C)NC(C)(C)C1)C1CC(C)(C)NC(C)(C)C1. The molecule has 0 amide bonds. The molecule has 0 radical (unpaired) electrons. The first-order valence-corrected chi connectivity index (χ1v) is 19.3. The van der Waals surface area contributed by atoms with Crippen molar-refractivity contribution >= 4 is 5.97 Å². The van der Waals surface area contributed by atoms with Crippen molar-refractivity contribution in [3.63, 3.8) is 0 Å². The molecule has 0 aromatic carbocycles. The minimum absolute atomic E-state index is 0.00209. The van der Waals surface area contributed by atoms with Gasteiger partial charge in [0.15, 0.2) is 0 Å². The van der Waals surface area contributed by atoms with Crippen LogP contribution >= 0.6 is 0 Å². The van der Waals surface area contributed by atoms with Crippen molar-refractivity contribution in [1.29, 1.82) is 0 Å². The maximum Gasteiger partial charge on any atom is 0.313 e. The molecule has 0 aliphatic carbocycles. The summed E-state index contributed by atoms with van der Waals surface area (Å²) >= 11 is 0. The smallest absolute Gasteiger partial charge is 0.313 e. The zero-order valence-electron chi connectivity index (χ0n) is 34.1. The predicted octanol–water partition coefficient (Wildman–Crippen LogP) is 8.52. The number of ether oxygens (including phenoxy) is 1. The highest BCUT2D eigenvalue weighted by atomic mass is 16.5. The third-order valence-corrected chi connectivity index (χ3v) is 12.4. The normalized spacial score (nSPS) is 31.2. The van der Waals surface area contributed by atoms with Gasteiger partial charge in [0.1, 0.15) is 6.10 Å². The average Bonchev–Trinajstić information content (AvgIpc) is 2.73. The van der Waals surface area contributed by atoms with Crippen LogP contribution in [0, 0.1) is 29.1 Å². The molecule has 1 unspecified atom stereocenters. The molecule has 274 valence electrons. The standard InChI is InChI=1S/C41H78N4O2/c1-18-31(27-19-33(2,3)42-34(4,5)20-27)41(28-21-35(6,7)43-36(8,9)22-28,29-23-37(10,11)44-38(12,13)24-29)32(46)47-30-25-39(14,15)45-40(16,17)26-30/h27-31,42-45H,18-26H2,1-17H3. The number of nitrogens with one attached hydrogen (secondary N) is 4. The van der Waals surface area contributed by atoms with Crippen LogP contribution < -0.4 is 21.3 Å². The number of esters is 1. The summed E-state index contributed by atoms with van der Waals surface area (Å²) in [5.41, 5.74) is -1.14. The van der Waals surface area contributed by atoms with Gasteiger partial charge in [-0.2, -0.15) is 0 Å². The topological polar surface area (TPSA) is 74.4 Å². The van der Waals surface area contributed by atoms with E-state index in [9.17, 15) is 0 Å². The molecule has 4 heterocycles. The second-order valence-electron chi connectivity index (χ2n) is 22.3. The lowest BCUT2D eigenvalue weighted by Crippen LogP contribution is -2.69. The van der Waals surface area contributed by atoms with E-state index in [1.165, 1.54) is 0 Å². The van der Waals surface area contributed by atoms with Crippen LogP contribution in [0.2, 0.25) is 0 Å². The molecule has 4 N–H and O–H groups in total. The molecular weight excluding hydrogens is 580 g/mol. The van der Waals surface area contributed by atoms with E-state index in [4.69, 9.17) is 4.74 Å². The Morgan fingerprint density at radius 2 is 0.809 bits per heavy atom. The van der Waals surface area contributed by atoms with Gasteiger partial charge >= 0.3 is 5.97 Å². The molecule has 47 heavy (non-hydrogen) atoms. The number of hydrogen-bond donors (Lipinski definition) is 4. The Kier molecular flexibility index (Phi) is 10.2.